The van der Waals surface area contributed by atoms with Gasteiger partial charge in [0.05, 0.1) is 12.5 Å². The number of benzene rings is 1. The van der Waals surface area contributed by atoms with E-state index in [0.717, 1.165) is 18.4 Å². The number of ether oxygens (including phenoxy) is 1. The molecule has 4 nitrogen and oxygen atoms in total. The molecule has 0 amide bonds. The SMILES string of the molecule is [N-]=[N+]=C(C(=O)OCCc1ccccc1)C1CC1. The predicted octanol–water partition coefficient (Wildman–Crippen LogP) is 1.85. The molecule has 0 aromatic heterocycles. The number of hydrogen-bond acceptors (Lipinski definition) is 2. The van der Waals surface area contributed by atoms with Crippen molar-refractivity contribution < 1.29 is 14.3 Å². The van der Waals surface area contributed by atoms with E-state index in [1.807, 2.05) is 30.3 Å². The molecule has 4 heteroatoms. The number of carbonyl (C=O) groups is 1. The Bertz CT molecular complexity index is 446. The van der Waals surface area contributed by atoms with Crippen LogP contribution < -0.4 is 0 Å². The molecule has 1 aromatic carbocycles. The van der Waals surface area contributed by atoms with E-state index in [-0.39, 0.29) is 11.6 Å². The molecule has 1 aliphatic carbocycles. The van der Waals surface area contributed by atoms with E-state index in [1.54, 1.807) is 0 Å². The summed E-state index contributed by atoms with van der Waals surface area (Å²) in [6.07, 6.45) is 2.50. The van der Waals surface area contributed by atoms with Crippen molar-refractivity contribution in [2.45, 2.75) is 19.3 Å². The van der Waals surface area contributed by atoms with E-state index < -0.39 is 5.97 Å². The van der Waals surface area contributed by atoms with Gasteiger partial charge in [0.2, 0.25) is 0 Å². The molecular weight excluding hydrogens is 216 g/mol. The Morgan fingerprint density at radius 1 is 1.35 bits per heavy atom. The number of esters is 1. The number of carbonyl (C=O) groups excluding carboxylic acids is 1. The molecule has 1 aromatic rings. The molecule has 0 aliphatic heterocycles. The van der Waals surface area contributed by atoms with Crippen LogP contribution in [0.4, 0.5) is 0 Å². The molecule has 88 valence electrons. The van der Waals surface area contributed by atoms with Crippen molar-refractivity contribution in [2.24, 2.45) is 5.92 Å². The Morgan fingerprint density at radius 3 is 2.65 bits per heavy atom. The molecule has 1 saturated carbocycles. The molecule has 0 saturated heterocycles. The van der Waals surface area contributed by atoms with Crippen LogP contribution >= 0.6 is 0 Å². The van der Waals surface area contributed by atoms with E-state index in [4.69, 9.17) is 10.3 Å². The monoisotopic (exact) mass is 230 g/mol. The molecule has 1 fully saturated rings. The summed E-state index contributed by atoms with van der Waals surface area (Å²) < 4.78 is 5.07. The third kappa shape index (κ3) is 3.26. The fourth-order valence-corrected chi connectivity index (χ4v) is 1.63. The maximum Gasteiger partial charge on any atom is 0.417 e. The van der Waals surface area contributed by atoms with E-state index in [1.165, 1.54) is 0 Å². The second kappa shape index (κ2) is 5.41. The maximum absolute atomic E-state index is 11.5. The highest BCUT2D eigenvalue weighted by Gasteiger charge is 2.40. The van der Waals surface area contributed by atoms with Gasteiger partial charge in [-0.3, -0.25) is 0 Å². The van der Waals surface area contributed by atoms with Crippen LogP contribution in [0.1, 0.15) is 18.4 Å². The van der Waals surface area contributed by atoms with Gasteiger partial charge in [-0.05, 0) is 18.4 Å². The predicted molar refractivity (Wildman–Crippen MR) is 62.5 cm³/mol. The van der Waals surface area contributed by atoms with Crippen molar-refractivity contribution in [1.82, 2.24) is 0 Å². The number of hydrogen-bond donors (Lipinski definition) is 0. The molecule has 0 N–H and O–H groups in total. The first kappa shape index (κ1) is 11.6. The lowest BCUT2D eigenvalue weighted by atomic mass is 10.2. The van der Waals surface area contributed by atoms with Gasteiger partial charge in [0, 0.05) is 6.42 Å². The van der Waals surface area contributed by atoms with Crippen LogP contribution in [0.25, 0.3) is 5.53 Å². The van der Waals surface area contributed by atoms with Crippen molar-refractivity contribution in [3.63, 3.8) is 0 Å². The molecule has 17 heavy (non-hydrogen) atoms. The quantitative estimate of drug-likeness (QED) is 0.335. The summed E-state index contributed by atoms with van der Waals surface area (Å²) in [6.45, 7) is 0.314. The van der Waals surface area contributed by atoms with E-state index in [0.29, 0.717) is 13.0 Å². The highest BCUT2D eigenvalue weighted by atomic mass is 16.5. The van der Waals surface area contributed by atoms with E-state index in [2.05, 4.69) is 4.79 Å². The third-order valence-electron chi connectivity index (χ3n) is 2.75. The van der Waals surface area contributed by atoms with Gasteiger partial charge in [-0.15, -0.1) is 0 Å². The first-order valence-corrected chi connectivity index (χ1v) is 5.74. The second-order valence-corrected chi connectivity index (χ2v) is 4.13. The average molecular weight is 230 g/mol. The Morgan fingerprint density at radius 2 is 2.06 bits per heavy atom. The Balaban J connectivity index is 1.78. The van der Waals surface area contributed by atoms with Gasteiger partial charge in [0.25, 0.3) is 0 Å². The summed E-state index contributed by atoms with van der Waals surface area (Å²) >= 11 is 0. The first-order valence-electron chi connectivity index (χ1n) is 5.74. The highest BCUT2D eigenvalue weighted by Crippen LogP contribution is 2.30. The second-order valence-electron chi connectivity index (χ2n) is 4.13. The van der Waals surface area contributed by atoms with Crippen LogP contribution in [0.2, 0.25) is 0 Å². The average Bonchev–Trinajstić information content (AvgIpc) is 3.16. The first-order chi connectivity index (χ1) is 8.31. The Labute approximate surface area is 99.8 Å². The summed E-state index contributed by atoms with van der Waals surface area (Å²) in [6, 6.07) is 9.80. The van der Waals surface area contributed by atoms with Gasteiger partial charge in [-0.1, -0.05) is 30.3 Å². The van der Waals surface area contributed by atoms with Crippen LogP contribution in [-0.4, -0.2) is 23.1 Å². The minimum Gasteiger partial charge on any atom is -0.457 e. The lowest BCUT2D eigenvalue weighted by Gasteiger charge is -2.01. The lowest BCUT2D eigenvalue weighted by molar-refractivity contribution is -0.140. The van der Waals surface area contributed by atoms with Crippen LogP contribution in [0.3, 0.4) is 0 Å². The molecule has 0 spiro atoms. The minimum atomic E-state index is -0.495. The molecule has 0 heterocycles. The third-order valence-corrected chi connectivity index (χ3v) is 2.75. The Kier molecular flexibility index (Phi) is 3.68. The Hall–Kier alpha value is -1.93. The minimum absolute atomic E-state index is 0.101. The zero-order valence-corrected chi connectivity index (χ0v) is 9.50. The van der Waals surface area contributed by atoms with Crippen molar-refractivity contribution in [3.8, 4) is 0 Å². The summed E-state index contributed by atoms with van der Waals surface area (Å²) in [5.41, 5.74) is 9.99. The molecule has 0 atom stereocenters. The summed E-state index contributed by atoms with van der Waals surface area (Å²) in [5.74, 6) is -0.393. The fraction of sp³-hybridized carbons (Fsp3) is 0.385. The van der Waals surface area contributed by atoms with E-state index in [9.17, 15) is 4.79 Å². The van der Waals surface area contributed by atoms with E-state index >= 15 is 0 Å². The number of nitrogens with zero attached hydrogens (tertiary/aromatic N) is 2. The van der Waals surface area contributed by atoms with Gasteiger partial charge in [-0.25, -0.2) is 4.79 Å². The standard InChI is InChI=1S/C13H14N2O2/c14-15-12(11-6-7-11)13(16)17-9-8-10-4-2-1-3-5-10/h1-5,11H,6-9H2. The van der Waals surface area contributed by atoms with Gasteiger partial charge < -0.3 is 10.3 Å². The van der Waals surface area contributed by atoms with Gasteiger partial charge in [-0.2, -0.15) is 4.79 Å². The maximum atomic E-state index is 11.5. The van der Waals surface area contributed by atoms with Crippen molar-refractivity contribution >= 4 is 11.7 Å². The topological polar surface area (TPSA) is 62.7 Å². The van der Waals surface area contributed by atoms with Gasteiger partial charge in [0.15, 0.2) is 0 Å². The fourth-order valence-electron chi connectivity index (χ4n) is 1.63. The molecule has 1 aliphatic rings. The zero-order chi connectivity index (χ0) is 12.1. The van der Waals surface area contributed by atoms with Crippen LogP contribution in [-0.2, 0) is 16.0 Å². The molecule has 0 unspecified atom stereocenters. The normalized spacial score (nSPS) is 13.9. The largest absolute Gasteiger partial charge is 0.457 e. The molecule has 2 rings (SSSR count). The lowest BCUT2D eigenvalue weighted by Crippen LogP contribution is -2.21. The van der Waals surface area contributed by atoms with Crippen LogP contribution in [0, 0.1) is 5.92 Å². The zero-order valence-electron chi connectivity index (χ0n) is 9.50. The van der Waals surface area contributed by atoms with Crippen molar-refractivity contribution in [2.75, 3.05) is 6.61 Å². The summed E-state index contributed by atoms with van der Waals surface area (Å²) in [7, 11) is 0. The van der Waals surface area contributed by atoms with Crippen LogP contribution in [0.15, 0.2) is 30.3 Å². The molecule has 0 bridgehead atoms. The molecule has 0 radical (unpaired) electrons. The summed E-state index contributed by atoms with van der Waals surface area (Å²) in [5, 5.41) is 0. The number of rotatable bonds is 5. The highest BCUT2D eigenvalue weighted by molar-refractivity contribution is 6.35. The molecular formula is C13H14N2O2. The van der Waals surface area contributed by atoms with Gasteiger partial charge in [0.1, 0.15) is 0 Å². The summed E-state index contributed by atoms with van der Waals surface area (Å²) in [4.78, 5) is 14.6. The van der Waals surface area contributed by atoms with Gasteiger partial charge >= 0.3 is 11.7 Å². The van der Waals surface area contributed by atoms with Crippen LogP contribution in [0.5, 0.6) is 0 Å². The van der Waals surface area contributed by atoms with Crippen molar-refractivity contribution in [3.05, 3.63) is 41.4 Å². The smallest absolute Gasteiger partial charge is 0.417 e. The van der Waals surface area contributed by atoms with Crippen molar-refractivity contribution in [1.29, 1.82) is 0 Å².